The number of nitrogens with zero attached hydrogens (tertiary/aromatic N) is 4. The van der Waals surface area contributed by atoms with E-state index in [0.717, 1.165) is 74.6 Å². The molecule has 206 valence electrons. The molecule has 0 bridgehead atoms. The molecular formula is C33H36BrN5O. The van der Waals surface area contributed by atoms with E-state index in [1.54, 1.807) is 7.11 Å². The molecule has 1 fully saturated rings. The fraction of sp³-hybridized carbons (Fsp3) is 0.333. The SMILES string of the molecule is COCCN1CCN(CCc2ccc(Nc3ncc4c(n3)-c3ccccc3[C@H](c3ccc(Br)cc3)C4)cc2)CC1. The molecule has 0 radical (unpaired) electrons. The zero-order chi connectivity index (χ0) is 27.3. The van der Waals surface area contributed by atoms with Gasteiger partial charge in [-0.1, -0.05) is 64.5 Å². The Morgan fingerprint density at radius 3 is 2.38 bits per heavy atom. The van der Waals surface area contributed by atoms with Crippen molar-refractivity contribution in [2.75, 3.05) is 58.3 Å². The topological polar surface area (TPSA) is 53.5 Å². The van der Waals surface area contributed by atoms with Crippen LogP contribution in [0, 0.1) is 0 Å². The van der Waals surface area contributed by atoms with E-state index in [0.29, 0.717) is 11.9 Å². The van der Waals surface area contributed by atoms with Gasteiger partial charge in [-0.15, -0.1) is 0 Å². The Kier molecular flexibility index (Phi) is 8.54. The molecule has 2 heterocycles. The number of methoxy groups -OCH3 is 1. The van der Waals surface area contributed by atoms with Gasteiger partial charge in [0.05, 0.1) is 12.3 Å². The van der Waals surface area contributed by atoms with Gasteiger partial charge in [0.25, 0.3) is 0 Å². The number of piperazine rings is 1. The number of rotatable bonds is 9. The number of hydrogen-bond donors (Lipinski definition) is 1. The van der Waals surface area contributed by atoms with Crippen LogP contribution in [-0.4, -0.2) is 72.8 Å². The van der Waals surface area contributed by atoms with Crippen molar-refractivity contribution in [1.82, 2.24) is 19.8 Å². The second kappa shape index (κ2) is 12.6. The first kappa shape index (κ1) is 27.1. The summed E-state index contributed by atoms with van der Waals surface area (Å²) in [6.07, 6.45) is 3.95. The predicted molar refractivity (Wildman–Crippen MR) is 165 cm³/mol. The van der Waals surface area contributed by atoms with E-state index < -0.39 is 0 Å². The summed E-state index contributed by atoms with van der Waals surface area (Å²) in [5, 5.41) is 3.43. The van der Waals surface area contributed by atoms with Crippen LogP contribution in [0.2, 0.25) is 0 Å². The zero-order valence-electron chi connectivity index (χ0n) is 23.0. The average molecular weight is 599 g/mol. The molecule has 7 heteroatoms. The van der Waals surface area contributed by atoms with Crippen LogP contribution in [0.1, 0.15) is 28.2 Å². The number of benzene rings is 3. The summed E-state index contributed by atoms with van der Waals surface area (Å²) in [6, 6.07) is 26.0. The minimum absolute atomic E-state index is 0.297. The lowest BCUT2D eigenvalue weighted by Gasteiger charge is -2.34. The molecular weight excluding hydrogens is 562 g/mol. The summed E-state index contributed by atoms with van der Waals surface area (Å²) < 4.78 is 6.31. The molecule has 2 aliphatic rings. The Balaban J connectivity index is 1.09. The van der Waals surface area contributed by atoms with Gasteiger partial charge in [0.2, 0.25) is 5.95 Å². The van der Waals surface area contributed by atoms with E-state index in [1.807, 2.05) is 6.20 Å². The zero-order valence-corrected chi connectivity index (χ0v) is 24.6. The number of fused-ring (bicyclic) bond motifs is 3. The van der Waals surface area contributed by atoms with Crippen molar-refractivity contribution in [1.29, 1.82) is 0 Å². The van der Waals surface area contributed by atoms with E-state index in [9.17, 15) is 0 Å². The van der Waals surface area contributed by atoms with Gasteiger partial charge < -0.3 is 15.0 Å². The summed E-state index contributed by atoms with van der Waals surface area (Å²) in [5.41, 5.74) is 8.40. The highest BCUT2D eigenvalue weighted by molar-refractivity contribution is 9.10. The number of hydrogen-bond acceptors (Lipinski definition) is 6. The maximum Gasteiger partial charge on any atom is 0.227 e. The Bertz CT molecular complexity index is 1420. The molecule has 3 aromatic carbocycles. The highest BCUT2D eigenvalue weighted by Crippen LogP contribution is 2.42. The second-order valence-electron chi connectivity index (χ2n) is 10.7. The summed E-state index contributed by atoms with van der Waals surface area (Å²) in [7, 11) is 1.77. The molecule has 0 saturated carbocycles. The minimum Gasteiger partial charge on any atom is -0.383 e. The van der Waals surface area contributed by atoms with Gasteiger partial charge in [-0.3, -0.25) is 4.90 Å². The Labute approximate surface area is 245 Å². The first-order valence-electron chi connectivity index (χ1n) is 14.2. The molecule has 1 aliphatic carbocycles. The summed E-state index contributed by atoms with van der Waals surface area (Å²) in [5.74, 6) is 0.932. The number of nitrogens with one attached hydrogen (secondary N) is 1. The van der Waals surface area contributed by atoms with Crippen molar-refractivity contribution in [3.05, 3.63) is 106 Å². The lowest BCUT2D eigenvalue weighted by atomic mass is 9.78. The molecule has 0 spiro atoms. The van der Waals surface area contributed by atoms with Crippen molar-refractivity contribution in [2.24, 2.45) is 0 Å². The largest absolute Gasteiger partial charge is 0.383 e. The molecule has 40 heavy (non-hydrogen) atoms. The molecule has 1 atom stereocenters. The minimum atomic E-state index is 0.297. The first-order chi connectivity index (χ1) is 19.7. The van der Waals surface area contributed by atoms with Gasteiger partial charge in [0.1, 0.15) is 0 Å². The Morgan fingerprint density at radius 2 is 1.62 bits per heavy atom. The highest BCUT2D eigenvalue weighted by atomic mass is 79.9. The van der Waals surface area contributed by atoms with Crippen molar-refractivity contribution in [2.45, 2.75) is 18.8 Å². The smallest absolute Gasteiger partial charge is 0.227 e. The van der Waals surface area contributed by atoms with Crippen LogP contribution in [0.4, 0.5) is 11.6 Å². The predicted octanol–water partition coefficient (Wildman–Crippen LogP) is 6.14. The Morgan fingerprint density at radius 1 is 0.900 bits per heavy atom. The average Bonchev–Trinajstić information content (AvgIpc) is 3.00. The van der Waals surface area contributed by atoms with E-state index in [2.05, 4.69) is 104 Å². The molecule has 4 aromatic rings. The summed E-state index contributed by atoms with van der Waals surface area (Å²) in [4.78, 5) is 14.7. The molecule has 1 N–H and O–H groups in total. The molecule has 0 amide bonds. The van der Waals surface area contributed by atoms with Crippen LogP contribution < -0.4 is 5.32 Å². The van der Waals surface area contributed by atoms with Crippen molar-refractivity contribution in [3.8, 4) is 11.3 Å². The van der Waals surface area contributed by atoms with Crippen LogP contribution in [0.15, 0.2) is 83.5 Å². The van der Waals surface area contributed by atoms with Crippen molar-refractivity contribution >= 4 is 27.6 Å². The van der Waals surface area contributed by atoms with E-state index >= 15 is 0 Å². The quantitative estimate of drug-likeness (QED) is 0.250. The van der Waals surface area contributed by atoms with Crippen molar-refractivity contribution < 1.29 is 4.74 Å². The lowest BCUT2D eigenvalue weighted by Crippen LogP contribution is -2.47. The molecule has 0 unspecified atom stereocenters. The third-order valence-electron chi connectivity index (χ3n) is 8.16. The molecule has 1 saturated heterocycles. The van der Waals surface area contributed by atoms with Gasteiger partial charge in [-0.2, -0.15) is 0 Å². The molecule has 6 rings (SSSR count). The van der Waals surface area contributed by atoms with Crippen LogP contribution in [0.3, 0.4) is 0 Å². The van der Waals surface area contributed by atoms with E-state index in [1.165, 1.54) is 27.8 Å². The summed E-state index contributed by atoms with van der Waals surface area (Å²) in [6.45, 7) is 7.46. The van der Waals surface area contributed by atoms with Gasteiger partial charge in [-0.05, 0) is 59.4 Å². The van der Waals surface area contributed by atoms with Crippen LogP contribution in [0.5, 0.6) is 0 Å². The standard InChI is InChI=1S/C33H36BrN5O/c1-40-21-20-39-18-16-38(17-19-39)15-14-24-6-12-28(13-7-24)36-33-35-23-26-22-31(25-8-10-27(34)11-9-25)29-4-2-3-5-30(29)32(26)37-33/h2-13,23,31H,14-22H2,1H3,(H,35,36,37)/t31-/m0/s1. The maximum absolute atomic E-state index is 5.21. The molecule has 6 nitrogen and oxygen atoms in total. The van der Waals surface area contributed by atoms with Crippen molar-refractivity contribution in [3.63, 3.8) is 0 Å². The van der Waals surface area contributed by atoms with Gasteiger partial charge >= 0.3 is 0 Å². The normalized spacial score (nSPS) is 17.3. The van der Waals surface area contributed by atoms with E-state index in [4.69, 9.17) is 14.7 Å². The molecule has 1 aromatic heterocycles. The van der Waals surface area contributed by atoms with Crippen LogP contribution in [-0.2, 0) is 17.6 Å². The number of ether oxygens (including phenoxy) is 1. The van der Waals surface area contributed by atoms with Crippen LogP contribution in [0.25, 0.3) is 11.3 Å². The van der Waals surface area contributed by atoms with Gasteiger partial charge in [0, 0.05) is 74.2 Å². The number of aromatic nitrogens is 2. The third kappa shape index (κ3) is 6.28. The number of anilines is 2. The number of halogens is 1. The second-order valence-corrected chi connectivity index (χ2v) is 11.6. The fourth-order valence-corrected chi connectivity index (χ4v) is 6.08. The highest BCUT2D eigenvalue weighted by Gasteiger charge is 2.27. The van der Waals surface area contributed by atoms with Crippen LogP contribution >= 0.6 is 15.9 Å². The van der Waals surface area contributed by atoms with E-state index in [-0.39, 0.29) is 0 Å². The fourth-order valence-electron chi connectivity index (χ4n) is 5.82. The Hall–Kier alpha value is -3.10. The molecule has 1 aliphatic heterocycles. The van der Waals surface area contributed by atoms with Gasteiger partial charge in [-0.25, -0.2) is 9.97 Å². The van der Waals surface area contributed by atoms with Gasteiger partial charge in [0.15, 0.2) is 0 Å². The lowest BCUT2D eigenvalue weighted by molar-refractivity contribution is 0.0976. The summed E-state index contributed by atoms with van der Waals surface area (Å²) >= 11 is 3.56. The third-order valence-corrected chi connectivity index (χ3v) is 8.68. The maximum atomic E-state index is 5.21. The first-order valence-corrected chi connectivity index (χ1v) is 15.0. The monoisotopic (exact) mass is 597 g/mol.